The van der Waals surface area contributed by atoms with Crippen LogP contribution in [0.15, 0.2) is 77.9 Å². The maximum Gasteiger partial charge on any atom is 0.262 e. The van der Waals surface area contributed by atoms with E-state index in [1.54, 1.807) is 19.5 Å². The molecule has 1 amide bonds. The van der Waals surface area contributed by atoms with E-state index in [9.17, 15) is 18.0 Å². The Morgan fingerprint density at radius 1 is 0.907 bits per heavy atom. The van der Waals surface area contributed by atoms with Crippen LogP contribution >= 0.6 is 23.2 Å². The number of amides is 1. The Kier molecular flexibility index (Phi) is 11.6. The van der Waals surface area contributed by atoms with E-state index in [0.717, 1.165) is 39.8 Å². The Morgan fingerprint density at radius 2 is 1.61 bits per heavy atom. The number of methoxy groups -OCH3 is 1. The number of sulfone groups is 1. The molecule has 2 saturated heterocycles. The molecule has 5 aromatic rings. The molecule has 1 atom stereocenters. The van der Waals surface area contributed by atoms with Gasteiger partial charge in [0.1, 0.15) is 5.65 Å². The second-order valence-electron chi connectivity index (χ2n) is 13.5. The van der Waals surface area contributed by atoms with Crippen molar-refractivity contribution >= 4 is 44.6 Å². The van der Waals surface area contributed by atoms with E-state index in [0.29, 0.717) is 85.1 Å². The van der Waals surface area contributed by atoms with E-state index in [1.165, 1.54) is 4.40 Å². The van der Waals surface area contributed by atoms with Gasteiger partial charge in [-0.05, 0) is 30.2 Å². The van der Waals surface area contributed by atoms with Crippen molar-refractivity contribution in [1.82, 2.24) is 35.2 Å². The second kappa shape index (κ2) is 16.6. The van der Waals surface area contributed by atoms with Crippen molar-refractivity contribution in [2.24, 2.45) is 0 Å². The number of nitrogens with zero attached hydrogens (tertiary/aromatic N) is 4. The third-order valence-electron chi connectivity index (χ3n) is 9.94. The lowest BCUT2D eigenvalue weighted by Crippen LogP contribution is -2.43. The minimum absolute atomic E-state index is 0.0888. The summed E-state index contributed by atoms with van der Waals surface area (Å²) in [6, 6.07) is 19.2. The highest BCUT2D eigenvalue weighted by Crippen LogP contribution is 2.42. The highest BCUT2D eigenvalue weighted by atomic mass is 35.5. The number of nitrogens with one attached hydrogen (secondary N) is 3. The van der Waals surface area contributed by atoms with Crippen molar-refractivity contribution in [3.63, 3.8) is 0 Å². The predicted molar refractivity (Wildman–Crippen MR) is 212 cm³/mol. The summed E-state index contributed by atoms with van der Waals surface area (Å²) >= 11 is 14.2. The number of hydrogen-bond donors (Lipinski definition) is 3. The van der Waals surface area contributed by atoms with Crippen LogP contribution in [0.4, 0.5) is 0 Å². The summed E-state index contributed by atoms with van der Waals surface area (Å²) in [6.45, 7) is 3.95. The second-order valence-corrected chi connectivity index (χ2v) is 16.6. The van der Waals surface area contributed by atoms with Crippen LogP contribution in [0.25, 0.3) is 39.2 Å². The van der Waals surface area contributed by atoms with Crippen molar-refractivity contribution in [1.29, 1.82) is 0 Å². The van der Waals surface area contributed by atoms with Crippen LogP contribution in [0.5, 0.6) is 5.88 Å². The summed E-state index contributed by atoms with van der Waals surface area (Å²) in [6.07, 6.45) is 4.68. The summed E-state index contributed by atoms with van der Waals surface area (Å²) in [5, 5.41) is 10.6. The number of aromatic nitrogens is 3. The van der Waals surface area contributed by atoms with E-state index in [1.807, 2.05) is 60.7 Å². The quantitative estimate of drug-likeness (QED) is 0.145. The summed E-state index contributed by atoms with van der Waals surface area (Å²) in [5.41, 5.74) is 6.15. The summed E-state index contributed by atoms with van der Waals surface area (Å²) < 4.78 is 30.5. The summed E-state index contributed by atoms with van der Waals surface area (Å²) in [5.74, 6) is 0.952. The lowest BCUT2D eigenvalue weighted by Gasteiger charge is -2.26. The molecule has 54 heavy (non-hydrogen) atoms. The third kappa shape index (κ3) is 8.46. The Hall–Kier alpha value is -4.37. The molecule has 2 aliphatic heterocycles. The highest BCUT2D eigenvalue weighted by molar-refractivity contribution is 7.91. The van der Waals surface area contributed by atoms with Crippen LogP contribution in [-0.4, -0.2) is 91.0 Å². The number of halogens is 2. The van der Waals surface area contributed by atoms with Crippen LogP contribution in [0.1, 0.15) is 24.0 Å². The summed E-state index contributed by atoms with van der Waals surface area (Å²) in [7, 11) is -1.33. The standard InChI is InChI=1S/C39H41Cl2N7O5S/c1-53-38-26(21-43-24-28-9-11-35(49)45-28)8-10-33(46-38)32-7-3-6-31(37(32)41)30-5-2-4-29(36(30)40)25-12-14-48-34(20-25)44-23-27(39(48)50)22-42-13-15-47-16-18-54(51,52)19-17-47/h2-8,10,12,14,20,23,28,42-43H,9,11,13,15-19,21-22,24H2,1H3,(H,45,49)/t28-/m0/s1. The zero-order valence-electron chi connectivity index (χ0n) is 29.8. The largest absolute Gasteiger partial charge is 0.481 e. The third-order valence-corrected chi connectivity index (χ3v) is 12.4. The lowest BCUT2D eigenvalue weighted by molar-refractivity contribution is -0.119. The monoisotopic (exact) mass is 789 g/mol. The minimum Gasteiger partial charge on any atom is -0.481 e. The maximum atomic E-state index is 13.3. The van der Waals surface area contributed by atoms with Crippen molar-refractivity contribution in [2.75, 3.05) is 51.3 Å². The molecule has 15 heteroatoms. The number of hydrogen-bond acceptors (Lipinski definition) is 10. The first-order chi connectivity index (χ1) is 26.1. The zero-order valence-corrected chi connectivity index (χ0v) is 32.1. The Balaban J connectivity index is 1.06. The van der Waals surface area contributed by atoms with Crippen LogP contribution in [0.3, 0.4) is 0 Å². The fourth-order valence-electron chi connectivity index (χ4n) is 6.88. The molecule has 12 nitrogen and oxygen atoms in total. The van der Waals surface area contributed by atoms with Gasteiger partial charge in [-0.3, -0.25) is 14.0 Å². The van der Waals surface area contributed by atoms with Crippen LogP contribution in [-0.2, 0) is 27.7 Å². The molecular weight excluding hydrogens is 749 g/mol. The smallest absolute Gasteiger partial charge is 0.262 e. The fourth-order valence-corrected chi connectivity index (χ4v) is 8.82. The van der Waals surface area contributed by atoms with Crippen LogP contribution in [0, 0.1) is 0 Å². The molecule has 2 aromatic carbocycles. The highest BCUT2D eigenvalue weighted by Gasteiger charge is 2.22. The predicted octanol–water partition coefficient (Wildman–Crippen LogP) is 4.59. The Bertz CT molecular complexity index is 2360. The number of fused-ring (bicyclic) bond motifs is 1. The average Bonchev–Trinajstić information content (AvgIpc) is 3.59. The molecule has 0 saturated carbocycles. The molecular formula is C39H41Cl2N7O5S. The van der Waals surface area contributed by atoms with Gasteiger partial charge >= 0.3 is 0 Å². The fraction of sp³-hybridized carbons (Fsp3) is 0.333. The van der Waals surface area contributed by atoms with Crippen molar-refractivity contribution in [2.45, 2.75) is 32.0 Å². The van der Waals surface area contributed by atoms with Gasteiger partial charge in [-0.1, -0.05) is 65.7 Å². The van der Waals surface area contributed by atoms with E-state index >= 15 is 0 Å². The van der Waals surface area contributed by atoms with Gasteiger partial charge in [-0.15, -0.1) is 0 Å². The number of rotatable bonds is 13. The SMILES string of the molecule is COc1nc(-c2cccc(-c3cccc(-c4ccn5c(=O)c(CNCCN6CCS(=O)(=O)CC6)cnc5c4)c3Cl)c2Cl)ccc1CNC[C@@H]1CCC(=O)N1. The van der Waals surface area contributed by atoms with E-state index < -0.39 is 9.84 Å². The molecule has 5 heterocycles. The lowest BCUT2D eigenvalue weighted by atomic mass is 9.97. The van der Waals surface area contributed by atoms with Gasteiger partial charge < -0.3 is 25.6 Å². The van der Waals surface area contributed by atoms with E-state index in [2.05, 4.69) is 25.8 Å². The molecule has 0 unspecified atom stereocenters. The number of benzene rings is 2. The van der Waals surface area contributed by atoms with E-state index in [4.69, 9.17) is 32.9 Å². The number of pyridine rings is 2. The number of carbonyl (C=O) groups is 1. The van der Waals surface area contributed by atoms with Crippen molar-refractivity contribution in [3.8, 4) is 39.4 Å². The van der Waals surface area contributed by atoms with Gasteiger partial charge in [0, 0.05) is 104 Å². The average molecular weight is 791 g/mol. The zero-order chi connectivity index (χ0) is 37.8. The van der Waals surface area contributed by atoms with Gasteiger partial charge in [-0.25, -0.2) is 18.4 Å². The van der Waals surface area contributed by atoms with Crippen LogP contribution in [0.2, 0.25) is 10.0 Å². The molecule has 0 radical (unpaired) electrons. The van der Waals surface area contributed by atoms with Gasteiger partial charge in [0.15, 0.2) is 9.84 Å². The molecule has 7 rings (SSSR count). The number of carbonyl (C=O) groups excluding carboxylic acids is 1. The van der Waals surface area contributed by atoms with Gasteiger partial charge in [0.25, 0.3) is 5.56 Å². The van der Waals surface area contributed by atoms with Gasteiger partial charge in [-0.2, -0.15) is 0 Å². The van der Waals surface area contributed by atoms with Gasteiger partial charge in [0.2, 0.25) is 11.8 Å². The molecule has 3 aromatic heterocycles. The Morgan fingerprint density at radius 3 is 2.33 bits per heavy atom. The normalized spacial score (nSPS) is 17.2. The van der Waals surface area contributed by atoms with E-state index in [-0.39, 0.29) is 29.0 Å². The Labute approximate surface area is 323 Å². The van der Waals surface area contributed by atoms with Crippen molar-refractivity contribution in [3.05, 3.63) is 105 Å². The molecule has 2 fully saturated rings. The first kappa shape index (κ1) is 37.9. The first-order valence-electron chi connectivity index (χ1n) is 17.9. The molecule has 282 valence electrons. The number of ether oxygens (including phenoxy) is 1. The molecule has 2 aliphatic rings. The first-order valence-corrected chi connectivity index (χ1v) is 20.4. The topological polar surface area (TPSA) is 147 Å². The molecule has 0 aliphatic carbocycles. The minimum atomic E-state index is -2.92. The molecule has 0 spiro atoms. The molecule has 0 bridgehead atoms. The van der Waals surface area contributed by atoms with Crippen molar-refractivity contribution < 1.29 is 17.9 Å². The molecule has 3 N–H and O–H groups in total. The van der Waals surface area contributed by atoms with Crippen LogP contribution < -0.4 is 26.2 Å². The van der Waals surface area contributed by atoms with Gasteiger partial charge in [0.05, 0.1) is 34.4 Å². The summed E-state index contributed by atoms with van der Waals surface area (Å²) in [4.78, 5) is 36.3. The maximum absolute atomic E-state index is 13.3.